The second-order valence-electron chi connectivity index (χ2n) is 5.83. The quantitative estimate of drug-likeness (QED) is 0.802. The average Bonchev–Trinajstić information content (AvgIpc) is 2.60. The van der Waals surface area contributed by atoms with Gasteiger partial charge in [-0.25, -0.2) is 12.7 Å². The molecular formula is C18H23N3O3S. The molecular weight excluding hydrogens is 338 g/mol. The molecule has 0 unspecified atom stereocenters. The number of benzene rings is 2. The lowest BCUT2D eigenvalue weighted by Gasteiger charge is -2.24. The van der Waals surface area contributed by atoms with E-state index in [2.05, 4.69) is 5.43 Å². The molecule has 0 aliphatic carbocycles. The van der Waals surface area contributed by atoms with Crippen LogP contribution in [0.2, 0.25) is 0 Å². The van der Waals surface area contributed by atoms with Gasteiger partial charge in [0.2, 0.25) is 10.0 Å². The molecule has 2 aromatic rings. The highest BCUT2D eigenvalue weighted by Crippen LogP contribution is 2.16. The minimum Gasteiger partial charge on any atom is -0.286 e. The van der Waals surface area contributed by atoms with Crippen LogP contribution in [-0.2, 0) is 10.0 Å². The normalized spacial score (nSPS) is 11.4. The number of carbonyl (C=O) groups excluding carboxylic acids is 1. The molecule has 0 saturated heterocycles. The third-order valence-corrected chi connectivity index (χ3v) is 5.62. The molecule has 1 N–H and O–H groups in total. The number of carbonyl (C=O) groups is 1. The zero-order valence-electron chi connectivity index (χ0n) is 14.9. The van der Waals surface area contributed by atoms with Gasteiger partial charge in [-0.3, -0.25) is 15.2 Å². The van der Waals surface area contributed by atoms with Gasteiger partial charge in [0.1, 0.15) is 0 Å². The second-order valence-corrected chi connectivity index (χ2v) is 7.98. The minimum absolute atomic E-state index is 0.153. The van der Waals surface area contributed by atoms with Gasteiger partial charge < -0.3 is 0 Å². The van der Waals surface area contributed by atoms with E-state index in [0.29, 0.717) is 12.1 Å². The number of hydrogen-bond acceptors (Lipinski definition) is 4. The molecule has 0 heterocycles. The van der Waals surface area contributed by atoms with Crippen LogP contribution in [0.4, 0.5) is 5.69 Å². The number of nitrogens with one attached hydrogen (secondary N) is 1. The summed E-state index contributed by atoms with van der Waals surface area (Å²) in [5.74, 6) is -0.295. The molecule has 0 bridgehead atoms. The fraction of sp³-hybridized carbons (Fsp3) is 0.278. The highest BCUT2D eigenvalue weighted by molar-refractivity contribution is 7.89. The summed E-state index contributed by atoms with van der Waals surface area (Å²) in [6.07, 6.45) is 0. The van der Waals surface area contributed by atoms with Crippen molar-refractivity contribution in [1.82, 2.24) is 9.73 Å². The topological polar surface area (TPSA) is 69.7 Å². The number of hydrazine groups is 1. The summed E-state index contributed by atoms with van der Waals surface area (Å²) < 4.78 is 25.3. The molecule has 2 aromatic carbocycles. The Morgan fingerprint density at radius 2 is 1.56 bits per heavy atom. The van der Waals surface area contributed by atoms with Crippen LogP contribution in [0.1, 0.15) is 22.8 Å². The van der Waals surface area contributed by atoms with E-state index >= 15 is 0 Å². The summed E-state index contributed by atoms with van der Waals surface area (Å²) in [5.41, 5.74) is 5.25. The van der Waals surface area contributed by atoms with Gasteiger partial charge in [0.05, 0.1) is 10.6 Å². The molecule has 0 fully saturated rings. The fourth-order valence-electron chi connectivity index (χ4n) is 2.23. The van der Waals surface area contributed by atoms with E-state index in [1.165, 1.54) is 38.4 Å². The number of anilines is 1. The lowest BCUT2D eigenvalue weighted by atomic mass is 10.2. The Morgan fingerprint density at radius 3 is 2.04 bits per heavy atom. The number of aryl methyl sites for hydroxylation is 1. The van der Waals surface area contributed by atoms with Crippen LogP contribution in [0.3, 0.4) is 0 Å². The lowest BCUT2D eigenvalue weighted by molar-refractivity contribution is 0.0949. The number of nitrogens with zero attached hydrogens (tertiary/aromatic N) is 2. The van der Waals surface area contributed by atoms with Crippen molar-refractivity contribution in [2.45, 2.75) is 18.7 Å². The van der Waals surface area contributed by atoms with E-state index in [1.54, 1.807) is 5.01 Å². The maximum Gasteiger partial charge on any atom is 0.269 e. The predicted octanol–water partition coefficient (Wildman–Crippen LogP) is 2.42. The first-order valence-corrected chi connectivity index (χ1v) is 9.37. The van der Waals surface area contributed by atoms with Crippen molar-refractivity contribution in [1.29, 1.82) is 0 Å². The summed E-state index contributed by atoms with van der Waals surface area (Å²) in [5, 5.41) is 1.74. The Balaban J connectivity index is 2.16. The molecule has 134 valence electrons. The average molecular weight is 361 g/mol. The van der Waals surface area contributed by atoms with E-state index in [-0.39, 0.29) is 10.8 Å². The van der Waals surface area contributed by atoms with Crippen molar-refractivity contribution in [2.24, 2.45) is 0 Å². The molecule has 25 heavy (non-hydrogen) atoms. The van der Waals surface area contributed by atoms with Crippen molar-refractivity contribution in [3.63, 3.8) is 0 Å². The fourth-order valence-corrected chi connectivity index (χ4v) is 3.13. The molecule has 1 amide bonds. The zero-order valence-corrected chi connectivity index (χ0v) is 15.7. The van der Waals surface area contributed by atoms with Gasteiger partial charge in [-0.2, -0.15) is 0 Å². The van der Waals surface area contributed by atoms with Crippen LogP contribution in [0.25, 0.3) is 0 Å². The lowest BCUT2D eigenvalue weighted by Crippen LogP contribution is -2.42. The largest absolute Gasteiger partial charge is 0.286 e. The zero-order chi connectivity index (χ0) is 18.6. The number of amides is 1. The van der Waals surface area contributed by atoms with E-state index in [1.807, 2.05) is 38.1 Å². The molecule has 2 rings (SSSR count). The van der Waals surface area contributed by atoms with Crippen molar-refractivity contribution < 1.29 is 13.2 Å². The van der Waals surface area contributed by atoms with Crippen molar-refractivity contribution in [3.8, 4) is 0 Å². The standard InChI is InChI=1S/C18H23N3O3S/c1-5-21(16-10-6-14(2)7-11-16)19-18(22)15-8-12-17(13-9-15)25(23,24)20(3)4/h6-13H,5H2,1-4H3,(H,19,22). The highest BCUT2D eigenvalue weighted by atomic mass is 32.2. The van der Waals surface area contributed by atoms with Gasteiger partial charge in [0, 0.05) is 26.2 Å². The van der Waals surface area contributed by atoms with Crippen LogP contribution in [0.5, 0.6) is 0 Å². The predicted molar refractivity (Wildman–Crippen MR) is 99.0 cm³/mol. The van der Waals surface area contributed by atoms with Crippen molar-refractivity contribution in [3.05, 3.63) is 59.7 Å². The van der Waals surface area contributed by atoms with Crippen LogP contribution < -0.4 is 10.4 Å². The summed E-state index contributed by atoms with van der Waals surface area (Å²) in [4.78, 5) is 12.6. The third-order valence-electron chi connectivity index (χ3n) is 3.79. The summed E-state index contributed by atoms with van der Waals surface area (Å²) in [6, 6.07) is 13.7. The smallest absolute Gasteiger partial charge is 0.269 e. The van der Waals surface area contributed by atoms with Crippen LogP contribution >= 0.6 is 0 Å². The number of sulfonamides is 1. The third kappa shape index (κ3) is 4.37. The van der Waals surface area contributed by atoms with E-state index in [9.17, 15) is 13.2 Å². The molecule has 0 aliphatic rings. The van der Waals surface area contributed by atoms with E-state index in [4.69, 9.17) is 0 Å². The molecule has 0 saturated carbocycles. The van der Waals surface area contributed by atoms with Crippen LogP contribution in [0, 0.1) is 6.92 Å². The molecule has 6 nitrogen and oxygen atoms in total. The second kappa shape index (κ2) is 7.67. The Bertz CT molecular complexity index is 829. The maximum absolute atomic E-state index is 12.4. The first-order chi connectivity index (χ1) is 11.8. The van der Waals surface area contributed by atoms with Gasteiger partial charge in [-0.05, 0) is 50.2 Å². The van der Waals surface area contributed by atoms with Gasteiger partial charge in [0.25, 0.3) is 5.91 Å². The Hall–Kier alpha value is -2.38. The highest BCUT2D eigenvalue weighted by Gasteiger charge is 2.18. The monoisotopic (exact) mass is 361 g/mol. The molecule has 0 spiro atoms. The Kier molecular flexibility index (Phi) is 5.81. The first kappa shape index (κ1) is 19.0. The SMILES string of the molecule is CCN(NC(=O)c1ccc(S(=O)(=O)N(C)C)cc1)c1ccc(C)cc1. The van der Waals surface area contributed by atoms with Crippen LogP contribution in [0.15, 0.2) is 53.4 Å². The minimum atomic E-state index is -3.50. The van der Waals surface area contributed by atoms with E-state index < -0.39 is 10.0 Å². The van der Waals surface area contributed by atoms with Crippen LogP contribution in [-0.4, -0.2) is 39.3 Å². The molecule has 0 radical (unpaired) electrons. The maximum atomic E-state index is 12.4. The number of hydrogen-bond donors (Lipinski definition) is 1. The molecule has 0 atom stereocenters. The van der Waals surface area contributed by atoms with Gasteiger partial charge in [-0.15, -0.1) is 0 Å². The number of rotatable bonds is 6. The van der Waals surface area contributed by atoms with Crippen molar-refractivity contribution >= 4 is 21.6 Å². The summed E-state index contributed by atoms with van der Waals surface area (Å²) in [6.45, 7) is 4.54. The van der Waals surface area contributed by atoms with Gasteiger partial charge in [-0.1, -0.05) is 17.7 Å². The molecule has 0 aliphatic heterocycles. The van der Waals surface area contributed by atoms with Crippen molar-refractivity contribution in [2.75, 3.05) is 25.6 Å². The van der Waals surface area contributed by atoms with Gasteiger partial charge >= 0.3 is 0 Å². The molecule has 7 heteroatoms. The van der Waals surface area contributed by atoms with E-state index in [0.717, 1.165) is 15.6 Å². The summed E-state index contributed by atoms with van der Waals surface area (Å²) >= 11 is 0. The first-order valence-electron chi connectivity index (χ1n) is 7.93. The van der Waals surface area contributed by atoms with Gasteiger partial charge in [0.15, 0.2) is 0 Å². The molecule has 0 aromatic heterocycles. The summed E-state index contributed by atoms with van der Waals surface area (Å²) in [7, 11) is -0.565. The Morgan fingerprint density at radius 1 is 1.00 bits per heavy atom. The Labute approximate surface area is 149 Å².